The molecule has 14 heteroatoms. The van der Waals surface area contributed by atoms with E-state index in [1.807, 2.05) is 0 Å². The van der Waals surface area contributed by atoms with Crippen LogP contribution in [0.2, 0.25) is 0 Å². The highest BCUT2D eigenvalue weighted by Crippen LogP contribution is 2.49. The predicted octanol–water partition coefficient (Wildman–Crippen LogP) is 2.29. The number of primary sulfonamides is 1. The van der Waals surface area contributed by atoms with E-state index < -0.39 is 52.1 Å². The molecule has 1 atom stereocenters. The second-order valence-electron chi connectivity index (χ2n) is 7.21. The van der Waals surface area contributed by atoms with Crippen molar-refractivity contribution < 1.29 is 40.2 Å². The van der Waals surface area contributed by atoms with Gasteiger partial charge in [-0.15, -0.1) is 8.78 Å². The number of nitrogens with one attached hydrogen (secondary N) is 1. The molecule has 1 saturated heterocycles. The predicted molar refractivity (Wildman–Crippen MR) is 102 cm³/mol. The van der Waals surface area contributed by atoms with Crippen LogP contribution in [0.4, 0.5) is 28.9 Å². The quantitative estimate of drug-likeness (QED) is 0.649. The van der Waals surface area contributed by atoms with Crippen LogP contribution in [-0.4, -0.2) is 44.1 Å². The van der Waals surface area contributed by atoms with Crippen LogP contribution in [-0.2, 0) is 14.8 Å². The van der Waals surface area contributed by atoms with Gasteiger partial charge in [0, 0.05) is 37.3 Å². The first-order valence-electron chi connectivity index (χ1n) is 9.18. The van der Waals surface area contributed by atoms with Gasteiger partial charge in [-0.3, -0.25) is 4.79 Å². The van der Waals surface area contributed by atoms with Crippen LogP contribution in [0.15, 0.2) is 41.6 Å². The Morgan fingerprint density at radius 2 is 1.97 bits per heavy atom. The number of ether oxygens (including phenoxy) is 2. The lowest BCUT2D eigenvalue weighted by Crippen LogP contribution is -2.53. The molecule has 0 aliphatic carbocycles. The van der Waals surface area contributed by atoms with Crippen LogP contribution >= 0.6 is 0 Å². The maximum absolute atomic E-state index is 14.2. The zero-order valence-corrected chi connectivity index (χ0v) is 16.9. The molecule has 2 aliphatic heterocycles. The fourth-order valence-corrected chi connectivity index (χ4v) is 4.01. The fraction of sp³-hybridized carbons (Fsp3) is 0.333. The summed E-state index contributed by atoms with van der Waals surface area (Å²) < 4.78 is 87.3. The summed E-state index contributed by atoms with van der Waals surface area (Å²) in [5, 5.41) is 6.83. The molecule has 2 aromatic rings. The summed E-state index contributed by atoms with van der Waals surface area (Å²) in [4.78, 5) is 17.7. The standard InChI is InChI=1S/C18H16F4N4O5S/c19-17(20)5-7-26(11-2-1-3-13-15(11)31-18(21,22)30-13)12(9-17)16(27)25-10-4-6-24-14(8-10)32(23,28)29/h1-4,6,8,12H,5,7,9H2,(H2,23,28,29)(H,24,25,27). The Morgan fingerprint density at radius 3 is 2.69 bits per heavy atom. The first kappa shape index (κ1) is 22.1. The molecule has 0 saturated carbocycles. The molecule has 0 radical (unpaired) electrons. The lowest BCUT2D eigenvalue weighted by Gasteiger charge is -2.40. The van der Waals surface area contributed by atoms with Crippen LogP contribution in [0.5, 0.6) is 11.5 Å². The summed E-state index contributed by atoms with van der Waals surface area (Å²) >= 11 is 0. The van der Waals surface area contributed by atoms with Gasteiger partial charge in [-0.1, -0.05) is 6.07 Å². The Kier molecular flexibility index (Phi) is 5.16. The van der Waals surface area contributed by atoms with Gasteiger partial charge in [-0.2, -0.15) is 0 Å². The number of alkyl halides is 4. The van der Waals surface area contributed by atoms with E-state index in [0.29, 0.717) is 0 Å². The molecular weight excluding hydrogens is 460 g/mol. The van der Waals surface area contributed by atoms with Crippen LogP contribution in [0, 0.1) is 0 Å². The Bertz CT molecular complexity index is 1180. The van der Waals surface area contributed by atoms with Crippen molar-refractivity contribution >= 4 is 27.3 Å². The smallest absolute Gasteiger partial charge is 0.395 e. The van der Waals surface area contributed by atoms with E-state index in [1.54, 1.807) is 0 Å². The number of rotatable bonds is 4. The molecule has 172 valence electrons. The maximum Gasteiger partial charge on any atom is 0.586 e. The van der Waals surface area contributed by atoms with Crippen molar-refractivity contribution in [2.45, 2.75) is 36.1 Å². The number of para-hydroxylation sites is 1. The van der Waals surface area contributed by atoms with E-state index in [9.17, 15) is 30.8 Å². The third-order valence-corrected chi connectivity index (χ3v) is 5.71. The zero-order chi connectivity index (χ0) is 23.3. The lowest BCUT2D eigenvalue weighted by molar-refractivity contribution is -0.286. The van der Waals surface area contributed by atoms with Crippen molar-refractivity contribution in [3.8, 4) is 11.5 Å². The molecule has 0 spiro atoms. The molecule has 32 heavy (non-hydrogen) atoms. The number of hydrogen-bond donors (Lipinski definition) is 2. The van der Waals surface area contributed by atoms with Gasteiger partial charge in [-0.05, 0) is 18.2 Å². The number of halogens is 4. The zero-order valence-electron chi connectivity index (χ0n) is 16.1. The molecular formula is C18H16F4N4O5S. The third kappa shape index (κ3) is 4.41. The third-order valence-electron chi connectivity index (χ3n) is 4.90. The number of piperidine rings is 1. The summed E-state index contributed by atoms with van der Waals surface area (Å²) in [5.74, 6) is -4.78. The normalized spacial score (nSPS) is 21.3. The largest absolute Gasteiger partial charge is 0.586 e. The lowest BCUT2D eigenvalue weighted by atomic mass is 9.96. The first-order chi connectivity index (χ1) is 14.8. The second-order valence-corrected chi connectivity index (χ2v) is 8.72. The molecule has 4 rings (SSSR count). The van der Waals surface area contributed by atoms with E-state index in [0.717, 1.165) is 12.3 Å². The Balaban J connectivity index is 1.65. The summed E-state index contributed by atoms with van der Waals surface area (Å²) in [5.41, 5.74) is -0.0671. The first-order valence-corrected chi connectivity index (χ1v) is 10.7. The SMILES string of the molecule is NS(=O)(=O)c1cc(NC(=O)C2CC(F)(F)CCN2c2cccc3c2OC(F)(F)O3)ccn1. The second kappa shape index (κ2) is 7.48. The van der Waals surface area contributed by atoms with Gasteiger partial charge in [0.15, 0.2) is 16.5 Å². The summed E-state index contributed by atoms with van der Waals surface area (Å²) in [7, 11) is -4.17. The number of nitrogens with two attached hydrogens (primary N) is 1. The molecule has 3 N–H and O–H groups in total. The van der Waals surface area contributed by atoms with Crippen LogP contribution in [0.1, 0.15) is 12.8 Å². The van der Waals surface area contributed by atoms with E-state index in [2.05, 4.69) is 19.8 Å². The van der Waals surface area contributed by atoms with E-state index >= 15 is 0 Å². The number of nitrogens with zero attached hydrogens (tertiary/aromatic N) is 2. The number of sulfonamides is 1. The summed E-state index contributed by atoms with van der Waals surface area (Å²) in [6.07, 6.45) is -4.40. The number of fused-ring (bicyclic) bond motifs is 1. The molecule has 9 nitrogen and oxygen atoms in total. The Labute approximate surface area is 179 Å². The van der Waals surface area contributed by atoms with Gasteiger partial charge in [0.2, 0.25) is 5.91 Å². The summed E-state index contributed by atoms with van der Waals surface area (Å²) in [6.45, 7) is -0.338. The van der Waals surface area contributed by atoms with Gasteiger partial charge in [0.05, 0.1) is 5.69 Å². The van der Waals surface area contributed by atoms with Crippen molar-refractivity contribution in [3.05, 3.63) is 36.5 Å². The molecule has 1 aromatic heterocycles. The molecule has 3 heterocycles. The average molecular weight is 476 g/mol. The molecule has 1 amide bonds. The number of pyridine rings is 1. The minimum Gasteiger partial charge on any atom is -0.395 e. The van der Waals surface area contributed by atoms with Gasteiger partial charge < -0.3 is 19.7 Å². The number of aromatic nitrogens is 1. The highest BCUT2D eigenvalue weighted by atomic mass is 32.2. The molecule has 1 fully saturated rings. The summed E-state index contributed by atoms with van der Waals surface area (Å²) in [6, 6.07) is 4.65. The number of amides is 1. The fourth-order valence-electron chi connectivity index (χ4n) is 3.51. The highest BCUT2D eigenvalue weighted by molar-refractivity contribution is 7.89. The number of carbonyl (C=O) groups is 1. The van der Waals surface area contributed by atoms with Crippen molar-refractivity contribution in [2.75, 3.05) is 16.8 Å². The van der Waals surface area contributed by atoms with Crippen molar-refractivity contribution in [1.82, 2.24) is 4.98 Å². The number of carbonyl (C=O) groups excluding carboxylic acids is 1. The molecule has 2 aliphatic rings. The van der Waals surface area contributed by atoms with E-state index in [1.165, 1.54) is 29.2 Å². The van der Waals surface area contributed by atoms with Crippen molar-refractivity contribution in [1.29, 1.82) is 0 Å². The van der Waals surface area contributed by atoms with Crippen LogP contribution in [0.3, 0.4) is 0 Å². The molecule has 1 aromatic carbocycles. The van der Waals surface area contributed by atoms with Crippen LogP contribution in [0.25, 0.3) is 0 Å². The Hall–Kier alpha value is -3.13. The number of anilines is 2. The van der Waals surface area contributed by atoms with Gasteiger partial charge in [0.25, 0.3) is 15.9 Å². The number of benzene rings is 1. The average Bonchev–Trinajstić information content (AvgIpc) is 3.01. The monoisotopic (exact) mass is 476 g/mol. The highest BCUT2D eigenvalue weighted by Gasteiger charge is 2.48. The van der Waals surface area contributed by atoms with Gasteiger partial charge in [0.1, 0.15) is 6.04 Å². The van der Waals surface area contributed by atoms with Crippen LogP contribution < -0.4 is 24.8 Å². The van der Waals surface area contributed by atoms with E-state index in [4.69, 9.17) is 5.14 Å². The Morgan fingerprint density at radius 1 is 1.22 bits per heavy atom. The minimum atomic E-state index is -4.17. The van der Waals surface area contributed by atoms with Crippen molar-refractivity contribution in [2.24, 2.45) is 5.14 Å². The minimum absolute atomic E-state index is 0.0183. The topological polar surface area (TPSA) is 124 Å². The van der Waals surface area contributed by atoms with Gasteiger partial charge >= 0.3 is 6.29 Å². The van der Waals surface area contributed by atoms with Gasteiger partial charge in [-0.25, -0.2) is 27.3 Å². The molecule has 0 bridgehead atoms. The van der Waals surface area contributed by atoms with E-state index in [-0.39, 0.29) is 29.4 Å². The number of hydrogen-bond acceptors (Lipinski definition) is 7. The maximum atomic E-state index is 14.2. The van der Waals surface area contributed by atoms with Crippen molar-refractivity contribution in [3.63, 3.8) is 0 Å². The molecule has 1 unspecified atom stereocenters.